The molecule has 1 aromatic heterocycles. The molecular formula is C15H16N4O2. The number of anilines is 1. The van der Waals surface area contributed by atoms with Gasteiger partial charge in [-0.05, 0) is 37.2 Å². The van der Waals surface area contributed by atoms with Gasteiger partial charge in [0.1, 0.15) is 5.69 Å². The zero-order valence-electron chi connectivity index (χ0n) is 11.5. The van der Waals surface area contributed by atoms with E-state index in [9.17, 15) is 10.1 Å². The summed E-state index contributed by atoms with van der Waals surface area (Å²) < 4.78 is 0. The first kappa shape index (κ1) is 13.5. The van der Waals surface area contributed by atoms with Crippen LogP contribution in [0, 0.1) is 10.1 Å². The van der Waals surface area contributed by atoms with Gasteiger partial charge in [-0.15, -0.1) is 0 Å². The molecule has 0 fully saturated rings. The molecule has 0 amide bonds. The molecule has 6 nitrogen and oxygen atoms in total. The summed E-state index contributed by atoms with van der Waals surface area (Å²) >= 11 is 0. The lowest BCUT2D eigenvalue weighted by molar-refractivity contribution is -0.382. The Hall–Kier alpha value is -2.47. The molecule has 2 aromatic rings. The number of nitro groups is 1. The van der Waals surface area contributed by atoms with E-state index in [0.29, 0.717) is 23.1 Å². The molecule has 0 atom stereocenters. The van der Waals surface area contributed by atoms with Crippen LogP contribution >= 0.6 is 0 Å². The van der Waals surface area contributed by atoms with E-state index < -0.39 is 0 Å². The van der Waals surface area contributed by atoms with Crippen LogP contribution in [0.3, 0.4) is 0 Å². The highest BCUT2D eigenvalue weighted by atomic mass is 16.6. The highest BCUT2D eigenvalue weighted by molar-refractivity contribution is 5.94. The van der Waals surface area contributed by atoms with E-state index in [1.54, 1.807) is 24.4 Å². The van der Waals surface area contributed by atoms with Crippen molar-refractivity contribution in [2.75, 3.05) is 25.0 Å². The smallest absolute Gasteiger partial charge is 0.301 e. The summed E-state index contributed by atoms with van der Waals surface area (Å²) in [5.41, 5.74) is 2.54. The first-order valence-electron chi connectivity index (χ1n) is 6.90. The van der Waals surface area contributed by atoms with Crippen molar-refractivity contribution in [2.45, 2.75) is 6.42 Å². The average molecular weight is 284 g/mol. The highest BCUT2D eigenvalue weighted by Gasteiger charge is 2.18. The Morgan fingerprint density at radius 1 is 1.38 bits per heavy atom. The van der Waals surface area contributed by atoms with Gasteiger partial charge in [0.05, 0.1) is 15.8 Å². The molecule has 1 aliphatic heterocycles. The van der Waals surface area contributed by atoms with Gasteiger partial charge in [-0.1, -0.05) is 11.6 Å². The van der Waals surface area contributed by atoms with Gasteiger partial charge >= 0.3 is 5.69 Å². The first-order chi connectivity index (χ1) is 10.3. The lowest BCUT2D eigenvalue weighted by Crippen LogP contribution is -2.23. The van der Waals surface area contributed by atoms with Crippen molar-refractivity contribution >= 4 is 22.3 Å². The summed E-state index contributed by atoms with van der Waals surface area (Å²) in [7, 11) is 0. The maximum atomic E-state index is 11.4. The summed E-state index contributed by atoms with van der Waals surface area (Å²) in [4.78, 5) is 15.2. The molecule has 6 heteroatoms. The minimum atomic E-state index is -0.344. The molecular weight excluding hydrogens is 268 g/mol. The van der Waals surface area contributed by atoms with Crippen LogP contribution < -0.4 is 10.6 Å². The Bertz CT molecular complexity index is 712. The summed E-state index contributed by atoms with van der Waals surface area (Å²) in [5, 5.41) is 18.4. The Morgan fingerprint density at radius 2 is 2.29 bits per heavy atom. The molecule has 0 bridgehead atoms. The highest BCUT2D eigenvalue weighted by Crippen LogP contribution is 2.32. The predicted octanol–water partition coefficient (Wildman–Crippen LogP) is 2.47. The number of rotatable bonds is 4. The Kier molecular flexibility index (Phi) is 3.79. The van der Waals surface area contributed by atoms with E-state index >= 15 is 0 Å². The zero-order chi connectivity index (χ0) is 14.7. The van der Waals surface area contributed by atoms with Crippen LogP contribution in [0.1, 0.15) is 6.42 Å². The summed E-state index contributed by atoms with van der Waals surface area (Å²) in [6, 6.07) is 6.99. The largest absolute Gasteiger partial charge is 0.376 e. The third-order valence-electron chi connectivity index (χ3n) is 3.60. The molecule has 1 aliphatic rings. The summed E-state index contributed by atoms with van der Waals surface area (Å²) in [5.74, 6) is 0. The number of hydrogen-bond donors (Lipinski definition) is 2. The second-order valence-corrected chi connectivity index (χ2v) is 4.96. The maximum Gasteiger partial charge on any atom is 0.301 e. The molecule has 0 saturated heterocycles. The summed E-state index contributed by atoms with van der Waals surface area (Å²) in [6.07, 6.45) is 4.74. The topological polar surface area (TPSA) is 80.1 Å². The molecule has 108 valence electrons. The van der Waals surface area contributed by atoms with Crippen LogP contribution in [0.15, 0.2) is 42.1 Å². The molecule has 3 rings (SSSR count). The van der Waals surface area contributed by atoms with Gasteiger partial charge in [-0.25, -0.2) is 0 Å². The lowest BCUT2D eigenvalue weighted by atomic mass is 10.1. The van der Waals surface area contributed by atoms with E-state index in [2.05, 4.69) is 21.7 Å². The fraction of sp³-hybridized carbons (Fsp3) is 0.267. The predicted molar refractivity (Wildman–Crippen MR) is 82.5 cm³/mol. The monoisotopic (exact) mass is 284 g/mol. The fourth-order valence-corrected chi connectivity index (χ4v) is 2.52. The third-order valence-corrected chi connectivity index (χ3v) is 3.60. The molecule has 0 radical (unpaired) electrons. The van der Waals surface area contributed by atoms with Crippen LogP contribution in [0.2, 0.25) is 0 Å². The second-order valence-electron chi connectivity index (χ2n) is 4.96. The number of benzene rings is 1. The molecule has 0 spiro atoms. The molecule has 0 unspecified atom stereocenters. The van der Waals surface area contributed by atoms with E-state index in [-0.39, 0.29) is 10.6 Å². The number of pyridine rings is 1. The Morgan fingerprint density at radius 3 is 3.05 bits per heavy atom. The van der Waals surface area contributed by atoms with Gasteiger partial charge in [0, 0.05) is 19.3 Å². The van der Waals surface area contributed by atoms with Crippen molar-refractivity contribution in [3.63, 3.8) is 0 Å². The van der Waals surface area contributed by atoms with Crippen LogP contribution in [0.4, 0.5) is 11.4 Å². The zero-order valence-corrected chi connectivity index (χ0v) is 11.5. The van der Waals surface area contributed by atoms with Gasteiger partial charge in [0.25, 0.3) is 0 Å². The number of aromatic nitrogens is 1. The molecule has 0 aliphatic carbocycles. The SMILES string of the molecule is O=[N+]([O-])c1c(NCC2=CCNCC2)ccc2ncccc12. The Balaban J connectivity index is 1.92. The van der Waals surface area contributed by atoms with Gasteiger partial charge in [0.2, 0.25) is 0 Å². The first-order valence-corrected chi connectivity index (χ1v) is 6.90. The molecule has 21 heavy (non-hydrogen) atoms. The minimum absolute atomic E-state index is 0.0927. The van der Waals surface area contributed by atoms with Gasteiger partial charge in [-0.2, -0.15) is 0 Å². The van der Waals surface area contributed by atoms with Crippen molar-refractivity contribution in [2.24, 2.45) is 0 Å². The lowest BCUT2D eigenvalue weighted by Gasteiger charge is -2.15. The molecule has 0 saturated carbocycles. The van der Waals surface area contributed by atoms with Gasteiger partial charge in [0.15, 0.2) is 0 Å². The van der Waals surface area contributed by atoms with Crippen LogP contribution in [-0.4, -0.2) is 29.5 Å². The second kappa shape index (κ2) is 5.88. The number of nitrogens with zero attached hydrogens (tertiary/aromatic N) is 2. The van der Waals surface area contributed by atoms with Crippen molar-refractivity contribution in [1.29, 1.82) is 0 Å². The molecule has 2 heterocycles. The third kappa shape index (κ3) is 2.85. The van der Waals surface area contributed by atoms with E-state index in [0.717, 1.165) is 19.5 Å². The summed E-state index contributed by atoms with van der Waals surface area (Å²) in [6.45, 7) is 2.45. The maximum absolute atomic E-state index is 11.4. The minimum Gasteiger partial charge on any atom is -0.376 e. The standard InChI is InChI=1S/C15H16N4O2/c20-19(21)15-12-2-1-7-17-13(12)3-4-14(15)18-10-11-5-8-16-9-6-11/h1-5,7,16,18H,6,8-10H2. The van der Waals surface area contributed by atoms with Crippen LogP contribution in [-0.2, 0) is 0 Å². The normalized spacial score (nSPS) is 14.8. The number of nitrogens with one attached hydrogen (secondary N) is 2. The average Bonchev–Trinajstić information content (AvgIpc) is 2.53. The molecule has 2 N–H and O–H groups in total. The fourth-order valence-electron chi connectivity index (χ4n) is 2.52. The van der Waals surface area contributed by atoms with Gasteiger partial charge < -0.3 is 10.6 Å². The number of fused-ring (bicyclic) bond motifs is 1. The van der Waals surface area contributed by atoms with E-state index in [1.165, 1.54) is 5.57 Å². The van der Waals surface area contributed by atoms with Crippen molar-refractivity contribution in [1.82, 2.24) is 10.3 Å². The van der Waals surface area contributed by atoms with Crippen molar-refractivity contribution < 1.29 is 4.92 Å². The van der Waals surface area contributed by atoms with Gasteiger partial charge in [-0.3, -0.25) is 15.1 Å². The van der Waals surface area contributed by atoms with E-state index in [1.807, 2.05) is 6.07 Å². The number of nitro benzene ring substituents is 1. The number of hydrogen-bond acceptors (Lipinski definition) is 5. The van der Waals surface area contributed by atoms with Crippen molar-refractivity contribution in [3.05, 3.63) is 52.2 Å². The van der Waals surface area contributed by atoms with Crippen LogP contribution in [0.5, 0.6) is 0 Å². The quantitative estimate of drug-likeness (QED) is 0.512. The van der Waals surface area contributed by atoms with Crippen LogP contribution in [0.25, 0.3) is 10.9 Å². The molecule has 1 aromatic carbocycles. The van der Waals surface area contributed by atoms with E-state index in [4.69, 9.17) is 0 Å². The Labute approximate surface area is 122 Å². The van der Waals surface area contributed by atoms with Crippen molar-refractivity contribution in [3.8, 4) is 0 Å².